The molecule has 0 aliphatic carbocycles. The van der Waals surface area contributed by atoms with Crippen LogP contribution in [0.1, 0.15) is 24.2 Å². The summed E-state index contributed by atoms with van der Waals surface area (Å²) in [7, 11) is 0. The zero-order chi connectivity index (χ0) is 12.5. The van der Waals surface area contributed by atoms with Crippen LogP contribution in [-0.4, -0.2) is 9.97 Å². The standard InChI is InChI=1S/C15H13ClN2/c1-10(11-6-3-2-4-7-11)15-17-13-9-5-8-12(16)14(13)18-15/h2-10H,1H3,(H,17,18). The fourth-order valence-corrected chi connectivity index (χ4v) is 2.34. The highest BCUT2D eigenvalue weighted by Crippen LogP contribution is 2.26. The van der Waals surface area contributed by atoms with Crippen molar-refractivity contribution in [2.24, 2.45) is 0 Å². The largest absolute Gasteiger partial charge is 0.341 e. The number of hydrogen-bond acceptors (Lipinski definition) is 1. The van der Waals surface area contributed by atoms with Crippen LogP contribution in [0.5, 0.6) is 0 Å². The van der Waals surface area contributed by atoms with E-state index in [4.69, 9.17) is 11.6 Å². The van der Waals surface area contributed by atoms with E-state index in [0.29, 0.717) is 5.02 Å². The van der Waals surface area contributed by atoms with E-state index < -0.39 is 0 Å². The van der Waals surface area contributed by atoms with E-state index in [9.17, 15) is 0 Å². The predicted molar refractivity (Wildman–Crippen MR) is 75.1 cm³/mol. The number of nitrogens with one attached hydrogen (secondary N) is 1. The van der Waals surface area contributed by atoms with Gasteiger partial charge in [0.2, 0.25) is 0 Å². The summed E-state index contributed by atoms with van der Waals surface area (Å²) in [5.41, 5.74) is 3.07. The van der Waals surface area contributed by atoms with Crippen molar-refractivity contribution in [3.05, 3.63) is 64.9 Å². The number of halogens is 1. The number of imidazole rings is 1. The van der Waals surface area contributed by atoms with Gasteiger partial charge < -0.3 is 4.98 Å². The number of para-hydroxylation sites is 1. The van der Waals surface area contributed by atoms with Crippen LogP contribution in [0, 0.1) is 0 Å². The molecule has 0 aliphatic heterocycles. The van der Waals surface area contributed by atoms with Crippen LogP contribution < -0.4 is 0 Å². The maximum absolute atomic E-state index is 6.14. The molecule has 1 heterocycles. The van der Waals surface area contributed by atoms with Gasteiger partial charge in [0.05, 0.1) is 10.5 Å². The molecule has 0 fully saturated rings. The molecule has 1 aromatic heterocycles. The Morgan fingerprint density at radius 2 is 1.83 bits per heavy atom. The van der Waals surface area contributed by atoms with E-state index >= 15 is 0 Å². The first kappa shape index (κ1) is 11.3. The molecule has 0 spiro atoms. The minimum atomic E-state index is 0.231. The molecule has 0 saturated heterocycles. The van der Waals surface area contributed by atoms with Crippen molar-refractivity contribution >= 4 is 22.6 Å². The lowest BCUT2D eigenvalue weighted by Crippen LogP contribution is -1.97. The van der Waals surface area contributed by atoms with Crippen LogP contribution >= 0.6 is 11.6 Å². The summed E-state index contributed by atoms with van der Waals surface area (Å²) in [6.45, 7) is 2.14. The zero-order valence-electron chi connectivity index (χ0n) is 10.0. The number of aromatic nitrogens is 2. The first-order chi connectivity index (χ1) is 8.75. The molecule has 0 amide bonds. The summed E-state index contributed by atoms with van der Waals surface area (Å²) in [6.07, 6.45) is 0. The molecule has 3 aromatic rings. The molecule has 0 aliphatic rings. The third kappa shape index (κ3) is 1.89. The van der Waals surface area contributed by atoms with E-state index in [0.717, 1.165) is 16.9 Å². The molecule has 2 nitrogen and oxygen atoms in total. The summed E-state index contributed by atoms with van der Waals surface area (Å²) in [6, 6.07) is 16.1. The molecule has 90 valence electrons. The lowest BCUT2D eigenvalue weighted by Gasteiger charge is -2.07. The van der Waals surface area contributed by atoms with Gasteiger partial charge >= 0.3 is 0 Å². The molecular formula is C15H13ClN2. The number of fused-ring (bicyclic) bond motifs is 1. The second kappa shape index (κ2) is 4.46. The lowest BCUT2D eigenvalue weighted by atomic mass is 10.0. The monoisotopic (exact) mass is 256 g/mol. The van der Waals surface area contributed by atoms with Crippen LogP contribution in [-0.2, 0) is 0 Å². The first-order valence-corrected chi connectivity index (χ1v) is 6.32. The minimum absolute atomic E-state index is 0.231. The molecule has 0 radical (unpaired) electrons. The number of rotatable bonds is 2. The Balaban J connectivity index is 2.07. The maximum atomic E-state index is 6.14. The lowest BCUT2D eigenvalue weighted by molar-refractivity contribution is 0.846. The Bertz CT molecular complexity index is 673. The van der Waals surface area contributed by atoms with Crippen molar-refractivity contribution in [1.29, 1.82) is 0 Å². The van der Waals surface area contributed by atoms with Crippen LogP contribution in [0.4, 0.5) is 0 Å². The number of nitrogens with zero attached hydrogens (tertiary/aromatic N) is 1. The summed E-state index contributed by atoms with van der Waals surface area (Å²) >= 11 is 6.14. The molecule has 1 N–H and O–H groups in total. The summed E-state index contributed by atoms with van der Waals surface area (Å²) < 4.78 is 0. The zero-order valence-corrected chi connectivity index (χ0v) is 10.8. The smallest absolute Gasteiger partial charge is 0.114 e. The van der Waals surface area contributed by atoms with Gasteiger partial charge in [-0.1, -0.05) is 54.9 Å². The number of benzene rings is 2. The van der Waals surface area contributed by atoms with Gasteiger partial charge in [-0.3, -0.25) is 0 Å². The van der Waals surface area contributed by atoms with Crippen molar-refractivity contribution in [3.8, 4) is 0 Å². The predicted octanol–water partition coefficient (Wildman–Crippen LogP) is 4.37. The Morgan fingerprint density at radius 1 is 1.06 bits per heavy atom. The fraction of sp³-hybridized carbons (Fsp3) is 0.133. The average molecular weight is 257 g/mol. The summed E-state index contributed by atoms with van der Waals surface area (Å²) in [5.74, 6) is 1.18. The van der Waals surface area contributed by atoms with E-state index in [1.807, 2.05) is 36.4 Å². The maximum Gasteiger partial charge on any atom is 0.114 e. The topological polar surface area (TPSA) is 28.7 Å². The Labute approximate surface area is 111 Å². The molecule has 0 bridgehead atoms. The van der Waals surface area contributed by atoms with Gasteiger partial charge in [-0.25, -0.2) is 4.98 Å². The Kier molecular flexibility index (Phi) is 2.80. The van der Waals surface area contributed by atoms with Crippen molar-refractivity contribution in [2.75, 3.05) is 0 Å². The van der Waals surface area contributed by atoms with E-state index in [-0.39, 0.29) is 5.92 Å². The highest BCUT2D eigenvalue weighted by molar-refractivity contribution is 6.34. The number of aromatic amines is 1. The molecule has 0 saturated carbocycles. The fourth-order valence-electron chi connectivity index (χ4n) is 2.12. The molecule has 18 heavy (non-hydrogen) atoms. The first-order valence-electron chi connectivity index (χ1n) is 5.95. The van der Waals surface area contributed by atoms with Gasteiger partial charge in [0.1, 0.15) is 11.3 Å². The molecule has 1 atom stereocenters. The normalized spacial score (nSPS) is 12.8. The summed E-state index contributed by atoms with van der Waals surface area (Å²) in [4.78, 5) is 7.94. The van der Waals surface area contributed by atoms with Gasteiger partial charge in [0, 0.05) is 5.92 Å². The Hall–Kier alpha value is -1.80. The van der Waals surface area contributed by atoms with Gasteiger partial charge in [0.15, 0.2) is 0 Å². The van der Waals surface area contributed by atoms with Gasteiger partial charge in [0.25, 0.3) is 0 Å². The molecule has 3 heteroatoms. The van der Waals surface area contributed by atoms with Crippen LogP contribution in [0.2, 0.25) is 5.02 Å². The van der Waals surface area contributed by atoms with Crippen molar-refractivity contribution in [1.82, 2.24) is 9.97 Å². The van der Waals surface area contributed by atoms with Crippen LogP contribution in [0.3, 0.4) is 0 Å². The molecule has 2 aromatic carbocycles. The van der Waals surface area contributed by atoms with Crippen LogP contribution in [0.25, 0.3) is 11.0 Å². The highest BCUT2D eigenvalue weighted by Gasteiger charge is 2.13. The third-order valence-electron chi connectivity index (χ3n) is 3.19. The third-order valence-corrected chi connectivity index (χ3v) is 3.50. The Morgan fingerprint density at radius 3 is 2.56 bits per heavy atom. The SMILES string of the molecule is CC(c1ccccc1)c1nc2c(Cl)cccc2[nH]1. The van der Waals surface area contributed by atoms with E-state index in [2.05, 4.69) is 29.0 Å². The number of hydrogen-bond donors (Lipinski definition) is 1. The highest BCUT2D eigenvalue weighted by atomic mass is 35.5. The minimum Gasteiger partial charge on any atom is -0.341 e. The molecular weight excluding hydrogens is 244 g/mol. The average Bonchev–Trinajstić information content (AvgIpc) is 2.84. The summed E-state index contributed by atoms with van der Waals surface area (Å²) in [5, 5.41) is 0.690. The second-order valence-electron chi connectivity index (χ2n) is 4.39. The van der Waals surface area contributed by atoms with Crippen LogP contribution in [0.15, 0.2) is 48.5 Å². The van der Waals surface area contributed by atoms with Gasteiger partial charge in [-0.2, -0.15) is 0 Å². The van der Waals surface area contributed by atoms with Gasteiger partial charge in [-0.15, -0.1) is 0 Å². The van der Waals surface area contributed by atoms with Crippen molar-refractivity contribution < 1.29 is 0 Å². The quantitative estimate of drug-likeness (QED) is 0.725. The van der Waals surface area contributed by atoms with Gasteiger partial charge in [-0.05, 0) is 17.7 Å². The van der Waals surface area contributed by atoms with E-state index in [1.54, 1.807) is 0 Å². The second-order valence-corrected chi connectivity index (χ2v) is 4.80. The molecule has 1 unspecified atom stereocenters. The number of H-pyrrole nitrogens is 1. The van der Waals surface area contributed by atoms with Crippen molar-refractivity contribution in [2.45, 2.75) is 12.8 Å². The van der Waals surface area contributed by atoms with E-state index in [1.165, 1.54) is 5.56 Å². The molecule has 3 rings (SSSR count). The van der Waals surface area contributed by atoms with Crippen molar-refractivity contribution in [3.63, 3.8) is 0 Å².